The molecule has 0 bridgehead atoms. The lowest BCUT2D eigenvalue weighted by Crippen LogP contribution is -2.55. The van der Waals surface area contributed by atoms with E-state index in [2.05, 4.69) is 31.4 Å². The Morgan fingerprint density at radius 1 is 1.15 bits per heavy atom. The highest BCUT2D eigenvalue weighted by atomic mass is 35.5. The lowest BCUT2D eigenvalue weighted by Gasteiger charge is -2.52. The molecule has 3 nitrogen and oxygen atoms in total. The monoisotopic (exact) mass is 501 g/mol. The van der Waals surface area contributed by atoms with Crippen LogP contribution in [0.5, 0.6) is 0 Å². The first-order valence-corrected chi connectivity index (χ1v) is 13.1. The van der Waals surface area contributed by atoms with Gasteiger partial charge in [-0.15, -0.1) is 6.58 Å². The van der Waals surface area contributed by atoms with Crippen LogP contribution in [0.1, 0.15) is 82.4 Å². The van der Waals surface area contributed by atoms with E-state index in [1.54, 1.807) is 0 Å². The molecule has 2 unspecified atom stereocenters. The summed E-state index contributed by atoms with van der Waals surface area (Å²) in [6, 6.07) is 15.9. The van der Waals surface area contributed by atoms with E-state index in [0.29, 0.717) is 22.9 Å². The number of benzene rings is 2. The zero-order chi connectivity index (χ0) is 24.9. The number of allylic oxidation sites excluding steroid dienone is 1. The van der Waals surface area contributed by atoms with Gasteiger partial charge in [0.05, 0.1) is 17.6 Å². The van der Waals surface area contributed by atoms with E-state index in [1.807, 2.05) is 55.5 Å². The molecule has 1 saturated heterocycles. The quantitative estimate of drug-likeness (QED) is 0.335. The Hall–Kier alpha value is -1.81. The summed E-state index contributed by atoms with van der Waals surface area (Å²) < 4.78 is 0. The molecular formula is C29H37Cl2NO2. The van der Waals surface area contributed by atoms with Gasteiger partial charge in [-0.25, -0.2) is 0 Å². The predicted octanol–water partition coefficient (Wildman–Crippen LogP) is 7.96. The fourth-order valence-corrected chi connectivity index (χ4v) is 5.80. The molecule has 0 spiro atoms. The summed E-state index contributed by atoms with van der Waals surface area (Å²) >= 11 is 12.7. The van der Waals surface area contributed by atoms with Crippen LogP contribution in [0.4, 0.5) is 0 Å². The van der Waals surface area contributed by atoms with Crippen LogP contribution >= 0.6 is 23.2 Å². The van der Waals surface area contributed by atoms with Crippen molar-refractivity contribution in [1.82, 2.24) is 4.90 Å². The first-order chi connectivity index (χ1) is 16.2. The minimum absolute atomic E-state index is 0.0676. The van der Waals surface area contributed by atoms with E-state index >= 15 is 0 Å². The third-order valence-corrected chi connectivity index (χ3v) is 7.70. The standard InChI is InChI=1S/C29H37Cl2NO2/c1-5-17-29(4)19-26(22-10-8-11-24(31)18-22)27(21-13-15-23(30)16-14-21)32(28(29)34)25(6-2)12-7-9-20(3)33/h5,8,10-11,13-16,18,20,25-27,33H,1,6-7,9,12,17,19H2,2-4H3/t20?,25?,26-,27-,29+/m1/s1. The highest BCUT2D eigenvalue weighted by Crippen LogP contribution is 2.52. The van der Waals surface area contributed by atoms with Gasteiger partial charge in [0.1, 0.15) is 0 Å². The number of hydrogen-bond donors (Lipinski definition) is 1. The van der Waals surface area contributed by atoms with Crippen molar-refractivity contribution < 1.29 is 9.90 Å². The van der Waals surface area contributed by atoms with E-state index in [-0.39, 0.29) is 30.0 Å². The lowest BCUT2D eigenvalue weighted by molar-refractivity contribution is -0.154. The van der Waals surface area contributed by atoms with Crippen LogP contribution < -0.4 is 0 Å². The molecule has 2 aromatic carbocycles. The number of carbonyl (C=O) groups excluding carboxylic acids is 1. The predicted molar refractivity (Wildman–Crippen MR) is 142 cm³/mol. The van der Waals surface area contributed by atoms with Crippen LogP contribution in [-0.4, -0.2) is 28.1 Å². The molecule has 184 valence electrons. The topological polar surface area (TPSA) is 40.5 Å². The van der Waals surface area contributed by atoms with Crippen LogP contribution in [0.25, 0.3) is 0 Å². The Morgan fingerprint density at radius 3 is 2.44 bits per heavy atom. The van der Waals surface area contributed by atoms with Crippen LogP contribution in [0.2, 0.25) is 10.0 Å². The fourth-order valence-electron chi connectivity index (χ4n) is 5.48. The van der Waals surface area contributed by atoms with Crippen molar-refractivity contribution in [2.75, 3.05) is 0 Å². The molecule has 2 aromatic rings. The number of hydrogen-bond acceptors (Lipinski definition) is 2. The number of likely N-dealkylation sites (tertiary alicyclic amines) is 1. The molecule has 1 aliphatic heterocycles. The van der Waals surface area contributed by atoms with Crippen molar-refractivity contribution >= 4 is 29.1 Å². The number of carbonyl (C=O) groups is 1. The van der Waals surface area contributed by atoms with Crippen LogP contribution in [-0.2, 0) is 4.79 Å². The number of piperidine rings is 1. The van der Waals surface area contributed by atoms with Crippen LogP contribution in [0, 0.1) is 5.41 Å². The molecule has 0 aliphatic carbocycles. The van der Waals surface area contributed by atoms with Gasteiger partial charge in [0.15, 0.2) is 0 Å². The molecule has 1 heterocycles. The van der Waals surface area contributed by atoms with Gasteiger partial charge in [-0.2, -0.15) is 0 Å². The maximum atomic E-state index is 14.2. The molecule has 0 saturated carbocycles. The Bertz CT molecular complexity index is 974. The molecule has 1 fully saturated rings. The van der Waals surface area contributed by atoms with Crippen molar-refractivity contribution in [1.29, 1.82) is 0 Å². The van der Waals surface area contributed by atoms with Crippen molar-refractivity contribution in [2.45, 2.75) is 83.4 Å². The smallest absolute Gasteiger partial charge is 0.229 e. The van der Waals surface area contributed by atoms with E-state index in [9.17, 15) is 9.90 Å². The zero-order valence-corrected chi connectivity index (χ0v) is 22.0. The molecular weight excluding hydrogens is 465 g/mol. The summed E-state index contributed by atoms with van der Waals surface area (Å²) in [4.78, 5) is 16.3. The van der Waals surface area contributed by atoms with Crippen molar-refractivity contribution in [2.24, 2.45) is 5.41 Å². The maximum Gasteiger partial charge on any atom is 0.229 e. The summed E-state index contributed by atoms with van der Waals surface area (Å²) in [6.45, 7) is 9.99. The zero-order valence-electron chi connectivity index (χ0n) is 20.5. The Kier molecular flexibility index (Phi) is 9.26. The van der Waals surface area contributed by atoms with Crippen molar-refractivity contribution in [3.63, 3.8) is 0 Å². The van der Waals surface area contributed by atoms with Crippen molar-refractivity contribution in [3.8, 4) is 0 Å². The van der Waals surface area contributed by atoms with E-state index in [4.69, 9.17) is 23.2 Å². The molecule has 1 amide bonds. The normalized spacial score (nSPS) is 24.6. The fraction of sp³-hybridized carbons (Fsp3) is 0.483. The highest BCUT2D eigenvalue weighted by Gasteiger charge is 2.50. The minimum Gasteiger partial charge on any atom is -0.393 e. The van der Waals surface area contributed by atoms with Gasteiger partial charge in [-0.05, 0) is 80.8 Å². The van der Waals surface area contributed by atoms with Gasteiger partial charge in [-0.3, -0.25) is 4.79 Å². The van der Waals surface area contributed by atoms with Gasteiger partial charge in [0.2, 0.25) is 5.91 Å². The number of halogens is 2. The highest BCUT2D eigenvalue weighted by molar-refractivity contribution is 6.30. The van der Waals surface area contributed by atoms with E-state index in [1.165, 1.54) is 0 Å². The molecule has 1 aliphatic rings. The Labute approximate surface area is 214 Å². The van der Waals surface area contributed by atoms with Gasteiger partial charge in [0, 0.05) is 22.0 Å². The molecule has 0 radical (unpaired) electrons. The second-order valence-electron chi connectivity index (χ2n) is 9.97. The van der Waals surface area contributed by atoms with Crippen LogP contribution in [0.15, 0.2) is 61.2 Å². The van der Waals surface area contributed by atoms with Crippen LogP contribution in [0.3, 0.4) is 0 Å². The molecule has 0 aromatic heterocycles. The Balaban J connectivity index is 2.15. The van der Waals surface area contributed by atoms with Gasteiger partial charge in [0.25, 0.3) is 0 Å². The SMILES string of the molecule is C=CC[C@@]1(C)C[C@H](c2cccc(Cl)c2)[C@@H](c2ccc(Cl)cc2)N(C(CC)CCCC(C)O)C1=O. The third-order valence-electron chi connectivity index (χ3n) is 7.21. The van der Waals surface area contributed by atoms with E-state index in [0.717, 1.165) is 36.8 Å². The number of aliphatic hydroxyl groups is 1. The molecule has 5 heteroatoms. The Morgan fingerprint density at radius 2 is 1.85 bits per heavy atom. The largest absolute Gasteiger partial charge is 0.393 e. The average molecular weight is 503 g/mol. The summed E-state index contributed by atoms with van der Waals surface area (Å²) in [5.74, 6) is 0.253. The first-order valence-electron chi connectivity index (χ1n) is 12.3. The molecule has 34 heavy (non-hydrogen) atoms. The second-order valence-corrected chi connectivity index (χ2v) is 10.8. The average Bonchev–Trinajstić information content (AvgIpc) is 2.79. The summed E-state index contributed by atoms with van der Waals surface area (Å²) in [7, 11) is 0. The minimum atomic E-state index is -0.546. The maximum absolute atomic E-state index is 14.2. The van der Waals surface area contributed by atoms with Gasteiger partial charge < -0.3 is 10.0 Å². The van der Waals surface area contributed by atoms with Gasteiger partial charge in [-0.1, -0.05) is 67.4 Å². The van der Waals surface area contributed by atoms with E-state index < -0.39 is 5.41 Å². The number of amides is 1. The second kappa shape index (κ2) is 11.7. The lowest BCUT2D eigenvalue weighted by atomic mass is 9.67. The molecule has 3 rings (SSSR count). The summed E-state index contributed by atoms with van der Waals surface area (Å²) in [5.41, 5.74) is 1.67. The number of rotatable bonds is 10. The summed E-state index contributed by atoms with van der Waals surface area (Å²) in [5, 5.41) is 11.2. The summed E-state index contributed by atoms with van der Waals surface area (Å²) in [6.07, 6.45) is 6.16. The van der Waals surface area contributed by atoms with Gasteiger partial charge >= 0.3 is 0 Å². The number of aliphatic hydroxyl groups excluding tert-OH is 1. The number of nitrogens with zero attached hydrogens (tertiary/aromatic N) is 1. The molecule has 1 N–H and O–H groups in total. The first kappa shape index (κ1) is 26.8. The van der Waals surface area contributed by atoms with Crippen molar-refractivity contribution in [3.05, 3.63) is 82.4 Å². The third kappa shape index (κ3) is 6.05. The molecule has 5 atom stereocenters.